The Morgan fingerprint density at radius 1 is 1.00 bits per heavy atom. The molecule has 2 amide bonds. The standard InChI is InChI=1S/C21H24FN3O2/c22-19-9-5-4-8-18(19)21(27)24-17-10-12-25(13-11-17)15-20(26)23-14-16-6-2-1-3-7-16/h1-9,17H,10-15H2,(H,23,26)(H,24,27). The Morgan fingerprint density at radius 3 is 2.37 bits per heavy atom. The number of nitrogens with zero attached hydrogens (tertiary/aromatic N) is 1. The molecule has 1 heterocycles. The fourth-order valence-electron chi connectivity index (χ4n) is 3.20. The molecule has 1 aliphatic rings. The van der Waals surface area contributed by atoms with Crippen LogP contribution in [0.4, 0.5) is 4.39 Å². The third-order valence-electron chi connectivity index (χ3n) is 4.74. The third kappa shape index (κ3) is 5.62. The van der Waals surface area contributed by atoms with Crippen molar-refractivity contribution in [1.29, 1.82) is 0 Å². The zero-order valence-electron chi connectivity index (χ0n) is 15.2. The van der Waals surface area contributed by atoms with Crippen molar-refractivity contribution in [3.05, 3.63) is 71.5 Å². The summed E-state index contributed by atoms with van der Waals surface area (Å²) in [6.07, 6.45) is 1.48. The molecule has 0 aliphatic carbocycles. The van der Waals surface area contributed by atoms with Crippen LogP contribution in [0.2, 0.25) is 0 Å². The van der Waals surface area contributed by atoms with Crippen molar-refractivity contribution in [2.24, 2.45) is 0 Å². The first kappa shape index (κ1) is 19.0. The van der Waals surface area contributed by atoms with Crippen LogP contribution in [0.5, 0.6) is 0 Å². The number of carbonyl (C=O) groups excluding carboxylic acids is 2. The molecule has 2 aromatic carbocycles. The first-order chi connectivity index (χ1) is 13.1. The second-order valence-electron chi connectivity index (χ2n) is 6.77. The molecule has 1 aliphatic heterocycles. The summed E-state index contributed by atoms with van der Waals surface area (Å²) in [5, 5.41) is 5.82. The van der Waals surface area contributed by atoms with E-state index in [-0.39, 0.29) is 23.4 Å². The summed E-state index contributed by atoms with van der Waals surface area (Å²) >= 11 is 0. The fourth-order valence-corrected chi connectivity index (χ4v) is 3.20. The molecule has 0 radical (unpaired) electrons. The van der Waals surface area contributed by atoms with E-state index in [0.717, 1.165) is 31.5 Å². The van der Waals surface area contributed by atoms with Crippen molar-refractivity contribution >= 4 is 11.8 Å². The topological polar surface area (TPSA) is 61.4 Å². The molecule has 0 unspecified atom stereocenters. The maximum atomic E-state index is 13.7. The molecule has 0 spiro atoms. The number of piperidine rings is 1. The molecule has 3 rings (SSSR count). The van der Waals surface area contributed by atoms with Gasteiger partial charge in [-0.3, -0.25) is 14.5 Å². The van der Waals surface area contributed by atoms with E-state index in [9.17, 15) is 14.0 Å². The highest BCUT2D eigenvalue weighted by Crippen LogP contribution is 2.12. The van der Waals surface area contributed by atoms with Crippen molar-refractivity contribution < 1.29 is 14.0 Å². The lowest BCUT2D eigenvalue weighted by Crippen LogP contribution is -2.47. The molecular weight excluding hydrogens is 345 g/mol. The van der Waals surface area contributed by atoms with Gasteiger partial charge in [0, 0.05) is 25.7 Å². The van der Waals surface area contributed by atoms with Crippen LogP contribution in [0.15, 0.2) is 54.6 Å². The number of amides is 2. The van der Waals surface area contributed by atoms with Gasteiger partial charge in [0.2, 0.25) is 5.91 Å². The summed E-state index contributed by atoms with van der Waals surface area (Å²) in [4.78, 5) is 26.4. The lowest BCUT2D eigenvalue weighted by molar-refractivity contribution is -0.122. The normalized spacial score (nSPS) is 15.3. The molecule has 142 valence electrons. The van der Waals surface area contributed by atoms with Gasteiger partial charge in [0.15, 0.2) is 0 Å². The summed E-state index contributed by atoms with van der Waals surface area (Å²) in [5.74, 6) is -0.901. The highest BCUT2D eigenvalue weighted by Gasteiger charge is 2.23. The highest BCUT2D eigenvalue weighted by atomic mass is 19.1. The Morgan fingerprint density at radius 2 is 1.67 bits per heavy atom. The molecule has 0 bridgehead atoms. The number of carbonyl (C=O) groups is 2. The highest BCUT2D eigenvalue weighted by molar-refractivity contribution is 5.94. The Balaban J connectivity index is 1.39. The Hall–Kier alpha value is -2.73. The molecule has 2 aromatic rings. The number of hydrogen-bond acceptors (Lipinski definition) is 3. The summed E-state index contributed by atoms with van der Waals surface area (Å²) in [7, 11) is 0. The van der Waals surface area contributed by atoms with Gasteiger partial charge < -0.3 is 10.6 Å². The van der Waals surface area contributed by atoms with Crippen LogP contribution < -0.4 is 10.6 Å². The molecule has 5 nitrogen and oxygen atoms in total. The van der Waals surface area contributed by atoms with Gasteiger partial charge in [-0.25, -0.2) is 4.39 Å². The molecule has 27 heavy (non-hydrogen) atoms. The minimum atomic E-state index is -0.512. The van der Waals surface area contributed by atoms with E-state index < -0.39 is 5.82 Å². The molecule has 2 N–H and O–H groups in total. The van der Waals surface area contributed by atoms with Crippen molar-refractivity contribution in [3.63, 3.8) is 0 Å². The third-order valence-corrected chi connectivity index (χ3v) is 4.74. The van der Waals surface area contributed by atoms with E-state index in [0.29, 0.717) is 13.1 Å². The van der Waals surface area contributed by atoms with Gasteiger partial charge in [0.05, 0.1) is 12.1 Å². The van der Waals surface area contributed by atoms with Crippen molar-refractivity contribution in [2.75, 3.05) is 19.6 Å². The largest absolute Gasteiger partial charge is 0.351 e. The first-order valence-corrected chi connectivity index (χ1v) is 9.20. The summed E-state index contributed by atoms with van der Waals surface area (Å²) in [5.41, 5.74) is 1.14. The van der Waals surface area contributed by atoms with E-state index in [1.54, 1.807) is 12.1 Å². The fraction of sp³-hybridized carbons (Fsp3) is 0.333. The van der Waals surface area contributed by atoms with Gasteiger partial charge in [-0.1, -0.05) is 42.5 Å². The van der Waals surface area contributed by atoms with E-state index in [1.807, 2.05) is 30.3 Å². The van der Waals surface area contributed by atoms with Crippen LogP contribution in [0.3, 0.4) is 0 Å². The van der Waals surface area contributed by atoms with Gasteiger partial charge >= 0.3 is 0 Å². The smallest absolute Gasteiger partial charge is 0.254 e. The van der Waals surface area contributed by atoms with Gasteiger partial charge in [-0.2, -0.15) is 0 Å². The van der Waals surface area contributed by atoms with E-state index in [2.05, 4.69) is 15.5 Å². The van der Waals surface area contributed by atoms with Crippen LogP contribution in [0.1, 0.15) is 28.8 Å². The number of halogens is 1. The van der Waals surface area contributed by atoms with Crippen LogP contribution in [-0.2, 0) is 11.3 Å². The van der Waals surface area contributed by atoms with E-state index >= 15 is 0 Å². The van der Waals surface area contributed by atoms with Crippen LogP contribution in [0, 0.1) is 5.82 Å². The number of hydrogen-bond donors (Lipinski definition) is 2. The first-order valence-electron chi connectivity index (χ1n) is 9.20. The number of benzene rings is 2. The summed E-state index contributed by atoms with van der Waals surface area (Å²) in [6.45, 7) is 2.32. The van der Waals surface area contributed by atoms with Crippen LogP contribution >= 0.6 is 0 Å². The average Bonchev–Trinajstić information content (AvgIpc) is 2.69. The van der Waals surface area contributed by atoms with Crippen molar-refractivity contribution in [3.8, 4) is 0 Å². The van der Waals surface area contributed by atoms with Crippen LogP contribution in [0.25, 0.3) is 0 Å². The lowest BCUT2D eigenvalue weighted by atomic mass is 10.0. The van der Waals surface area contributed by atoms with Gasteiger partial charge in [-0.05, 0) is 30.5 Å². The predicted octanol–water partition coefficient (Wildman–Crippen LogP) is 2.34. The molecule has 6 heteroatoms. The maximum absolute atomic E-state index is 13.7. The number of nitrogens with one attached hydrogen (secondary N) is 2. The van der Waals surface area contributed by atoms with Gasteiger partial charge in [0.1, 0.15) is 5.82 Å². The number of likely N-dealkylation sites (tertiary alicyclic amines) is 1. The zero-order chi connectivity index (χ0) is 19.1. The lowest BCUT2D eigenvalue weighted by Gasteiger charge is -2.31. The molecule has 0 aromatic heterocycles. The average molecular weight is 369 g/mol. The quantitative estimate of drug-likeness (QED) is 0.822. The maximum Gasteiger partial charge on any atom is 0.254 e. The monoisotopic (exact) mass is 369 g/mol. The Kier molecular flexibility index (Phi) is 6.54. The molecular formula is C21H24FN3O2. The van der Waals surface area contributed by atoms with E-state index in [1.165, 1.54) is 12.1 Å². The number of rotatable bonds is 6. The Labute approximate surface area is 158 Å². The Bertz CT molecular complexity index is 774. The minimum absolute atomic E-state index is 0.000682. The second-order valence-corrected chi connectivity index (χ2v) is 6.77. The minimum Gasteiger partial charge on any atom is -0.351 e. The van der Waals surface area contributed by atoms with Crippen LogP contribution in [-0.4, -0.2) is 42.4 Å². The predicted molar refractivity (Wildman–Crippen MR) is 102 cm³/mol. The molecule has 0 atom stereocenters. The van der Waals surface area contributed by atoms with Gasteiger partial charge in [-0.15, -0.1) is 0 Å². The second kappa shape index (κ2) is 9.28. The van der Waals surface area contributed by atoms with E-state index in [4.69, 9.17) is 0 Å². The molecule has 0 saturated carbocycles. The van der Waals surface area contributed by atoms with Gasteiger partial charge in [0.25, 0.3) is 5.91 Å². The summed E-state index contributed by atoms with van der Waals surface area (Å²) in [6, 6.07) is 15.8. The van der Waals surface area contributed by atoms with Crippen molar-refractivity contribution in [1.82, 2.24) is 15.5 Å². The SMILES string of the molecule is O=C(CN1CCC(NC(=O)c2ccccc2F)CC1)NCc1ccccc1. The molecule has 1 fully saturated rings. The zero-order valence-corrected chi connectivity index (χ0v) is 15.2. The summed E-state index contributed by atoms with van der Waals surface area (Å²) < 4.78 is 13.7. The van der Waals surface area contributed by atoms with Crippen molar-refractivity contribution in [2.45, 2.75) is 25.4 Å². The molecule has 1 saturated heterocycles.